The van der Waals surface area contributed by atoms with Crippen molar-refractivity contribution in [2.75, 3.05) is 6.54 Å². The maximum atomic E-state index is 12.2. The first-order valence-corrected chi connectivity index (χ1v) is 7.12. The fourth-order valence-electron chi connectivity index (χ4n) is 2.19. The molecule has 0 radical (unpaired) electrons. The number of hydrogen-bond acceptors (Lipinski definition) is 2. The van der Waals surface area contributed by atoms with Crippen molar-refractivity contribution in [2.24, 2.45) is 0 Å². The minimum absolute atomic E-state index is 0.00375. The lowest BCUT2D eigenvalue weighted by atomic mass is 10.3. The first kappa shape index (κ1) is 13.7. The fraction of sp³-hybridized carbons (Fsp3) is 0.533. The molecule has 0 aromatic carbocycles. The molecule has 1 amide bonds. The highest BCUT2D eigenvalue weighted by molar-refractivity contribution is 5.97. The van der Waals surface area contributed by atoms with Gasteiger partial charge in [-0.1, -0.05) is 26.7 Å². The molecule has 2 rings (SSSR count). The minimum Gasteiger partial charge on any atom is -0.463 e. The van der Waals surface area contributed by atoms with E-state index in [2.05, 4.69) is 23.7 Å². The second-order valence-corrected chi connectivity index (χ2v) is 4.81. The molecule has 19 heavy (non-hydrogen) atoms. The quantitative estimate of drug-likeness (QED) is 0.775. The second-order valence-electron chi connectivity index (χ2n) is 4.81. The van der Waals surface area contributed by atoms with Crippen molar-refractivity contribution in [3.63, 3.8) is 0 Å². The predicted molar refractivity (Wildman–Crippen MR) is 76.4 cm³/mol. The van der Waals surface area contributed by atoms with Crippen LogP contribution in [-0.4, -0.2) is 17.0 Å². The molecule has 4 nitrogen and oxygen atoms in total. The van der Waals surface area contributed by atoms with Gasteiger partial charge >= 0.3 is 0 Å². The van der Waals surface area contributed by atoms with Gasteiger partial charge in [-0.25, -0.2) is 0 Å². The standard InChI is InChI=1S/C15H22N2O2/c1-3-5-8-16-15(18)13-11-14-12(7-10-19-14)17(13)9-6-4-2/h7,10-11H,3-6,8-9H2,1-2H3,(H,16,18). The largest absolute Gasteiger partial charge is 0.463 e. The van der Waals surface area contributed by atoms with Crippen LogP contribution in [0, 0.1) is 0 Å². The van der Waals surface area contributed by atoms with Crippen molar-refractivity contribution in [3.05, 3.63) is 24.1 Å². The monoisotopic (exact) mass is 262 g/mol. The highest BCUT2D eigenvalue weighted by Gasteiger charge is 2.16. The third-order valence-electron chi connectivity index (χ3n) is 3.31. The van der Waals surface area contributed by atoms with Gasteiger partial charge in [0.15, 0.2) is 5.58 Å². The number of furan rings is 1. The Labute approximate surface area is 113 Å². The van der Waals surface area contributed by atoms with Gasteiger partial charge in [0.05, 0.1) is 11.8 Å². The average molecular weight is 262 g/mol. The smallest absolute Gasteiger partial charge is 0.268 e. The van der Waals surface area contributed by atoms with Crippen molar-refractivity contribution >= 4 is 17.0 Å². The number of unbranched alkanes of at least 4 members (excludes halogenated alkanes) is 2. The molecule has 0 unspecified atom stereocenters. The average Bonchev–Trinajstić information content (AvgIpc) is 2.97. The van der Waals surface area contributed by atoms with Gasteiger partial charge in [0.1, 0.15) is 5.69 Å². The lowest BCUT2D eigenvalue weighted by Gasteiger charge is -2.09. The summed E-state index contributed by atoms with van der Waals surface area (Å²) in [7, 11) is 0. The number of amides is 1. The van der Waals surface area contributed by atoms with E-state index in [1.165, 1.54) is 0 Å². The van der Waals surface area contributed by atoms with E-state index in [0.717, 1.165) is 49.9 Å². The molecule has 0 aliphatic rings. The Bertz CT molecular complexity index is 539. The van der Waals surface area contributed by atoms with E-state index in [9.17, 15) is 4.79 Å². The van der Waals surface area contributed by atoms with Crippen LogP contribution in [0.2, 0.25) is 0 Å². The van der Waals surface area contributed by atoms with Gasteiger partial charge in [-0.15, -0.1) is 0 Å². The van der Waals surface area contributed by atoms with Crippen molar-refractivity contribution in [3.8, 4) is 0 Å². The number of aryl methyl sites for hydroxylation is 1. The molecule has 104 valence electrons. The summed E-state index contributed by atoms with van der Waals surface area (Å²) in [6, 6.07) is 3.76. The van der Waals surface area contributed by atoms with Gasteiger partial charge in [0.2, 0.25) is 0 Å². The van der Waals surface area contributed by atoms with Gasteiger partial charge < -0.3 is 14.3 Å². The molecule has 0 bridgehead atoms. The first-order valence-electron chi connectivity index (χ1n) is 7.12. The van der Waals surface area contributed by atoms with Crippen LogP contribution in [0.25, 0.3) is 11.1 Å². The zero-order valence-electron chi connectivity index (χ0n) is 11.7. The van der Waals surface area contributed by atoms with E-state index in [-0.39, 0.29) is 5.91 Å². The number of aromatic nitrogens is 1. The van der Waals surface area contributed by atoms with Crippen molar-refractivity contribution in [1.82, 2.24) is 9.88 Å². The number of nitrogens with zero attached hydrogens (tertiary/aromatic N) is 1. The molecule has 0 saturated heterocycles. The van der Waals surface area contributed by atoms with Crippen LogP contribution in [0.15, 0.2) is 22.8 Å². The van der Waals surface area contributed by atoms with E-state index >= 15 is 0 Å². The summed E-state index contributed by atoms with van der Waals surface area (Å²) in [4.78, 5) is 12.2. The molecule has 0 atom stereocenters. The molecule has 0 saturated carbocycles. The Hall–Kier alpha value is -1.71. The summed E-state index contributed by atoms with van der Waals surface area (Å²) in [5.41, 5.74) is 2.50. The van der Waals surface area contributed by atoms with Crippen LogP contribution >= 0.6 is 0 Å². The number of nitrogens with one attached hydrogen (secondary N) is 1. The number of hydrogen-bond donors (Lipinski definition) is 1. The Morgan fingerprint density at radius 2 is 2.11 bits per heavy atom. The molecule has 0 fully saturated rings. The van der Waals surface area contributed by atoms with Crippen LogP contribution in [0.4, 0.5) is 0 Å². The molecule has 2 aromatic heterocycles. The van der Waals surface area contributed by atoms with Gasteiger partial charge in [-0.3, -0.25) is 4.79 Å². The van der Waals surface area contributed by atoms with Gasteiger partial charge in [-0.2, -0.15) is 0 Å². The van der Waals surface area contributed by atoms with E-state index in [1.807, 2.05) is 12.1 Å². The third kappa shape index (κ3) is 3.00. The maximum absolute atomic E-state index is 12.2. The summed E-state index contributed by atoms with van der Waals surface area (Å²) >= 11 is 0. The molecule has 0 aliphatic heterocycles. The number of carbonyl (C=O) groups excluding carboxylic acids is 1. The van der Waals surface area contributed by atoms with Gasteiger partial charge in [-0.05, 0) is 12.8 Å². The summed E-state index contributed by atoms with van der Waals surface area (Å²) in [6.45, 7) is 5.85. The van der Waals surface area contributed by atoms with Crippen molar-refractivity contribution < 1.29 is 9.21 Å². The highest BCUT2D eigenvalue weighted by Crippen LogP contribution is 2.21. The van der Waals surface area contributed by atoms with Crippen LogP contribution in [-0.2, 0) is 6.54 Å². The number of carbonyl (C=O) groups is 1. The number of rotatable bonds is 7. The normalized spacial score (nSPS) is 11.1. The third-order valence-corrected chi connectivity index (χ3v) is 3.31. The summed E-state index contributed by atoms with van der Waals surface area (Å²) in [6.07, 6.45) is 5.93. The van der Waals surface area contributed by atoms with Crippen molar-refractivity contribution in [2.45, 2.75) is 46.1 Å². The van der Waals surface area contributed by atoms with E-state index in [1.54, 1.807) is 6.26 Å². The Balaban J connectivity index is 2.20. The van der Waals surface area contributed by atoms with Crippen LogP contribution in [0.5, 0.6) is 0 Å². The predicted octanol–water partition coefficient (Wildman–Crippen LogP) is 3.56. The molecular formula is C15H22N2O2. The van der Waals surface area contributed by atoms with E-state index < -0.39 is 0 Å². The van der Waals surface area contributed by atoms with E-state index in [0.29, 0.717) is 5.69 Å². The van der Waals surface area contributed by atoms with Crippen molar-refractivity contribution in [1.29, 1.82) is 0 Å². The zero-order chi connectivity index (χ0) is 13.7. The Morgan fingerprint density at radius 3 is 2.84 bits per heavy atom. The van der Waals surface area contributed by atoms with E-state index in [4.69, 9.17) is 4.42 Å². The first-order chi connectivity index (χ1) is 9.27. The molecule has 4 heteroatoms. The summed E-state index contributed by atoms with van der Waals surface area (Å²) in [5.74, 6) is -0.00375. The SMILES string of the molecule is CCCCNC(=O)c1cc2occc2n1CCCC. The topological polar surface area (TPSA) is 47.2 Å². The Kier molecular flexibility index (Phi) is 4.66. The van der Waals surface area contributed by atoms with Crippen LogP contribution < -0.4 is 5.32 Å². The maximum Gasteiger partial charge on any atom is 0.268 e. The molecule has 0 spiro atoms. The zero-order valence-corrected chi connectivity index (χ0v) is 11.7. The lowest BCUT2D eigenvalue weighted by molar-refractivity contribution is 0.0944. The summed E-state index contributed by atoms with van der Waals surface area (Å²) in [5, 5.41) is 2.97. The molecular weight excluding hydrogens is 240 g/mol. The molecule has 2 heterocycles. The van der Waals surface area contributed by atoms with Crippen LogP contribution in [0.1, 0.15) is 50.0 Å². The second kappa shape index (κ2) is 6.45. The van der Waals surface area contributed by atoms with Crippen LogP contribution in [0.3, 0.4) is 0 Å². The number of fused-ring (bicyclic) bond motifs is 1. The highest BCUT2D eigenvalue weighted by atomic mass is 16.3. The fourth-order valence-corrected chi connectivity index (χ4v) is 2.19. The molecule has 0 aliphatic carbocycles. The minimum atomic E-state index is -0.00375. The molecule has 2 aromatic rings. The molecule has 1 N–H and O–H groups in total. The van der Waals surface area contributed by atoms with Gasteiger partial charge in [0.25, 0.3) is 5.91 Å². The summed E-state index contributed by atoms with van der Waals surface area (Å²) < 4.78 is 7.45. The van der Waals surface area contributed by atoms with Gasteiger partial charge in [0, 0.05) is 25.2 Å². The lowest BCUT2D eigenvalue weighted by Crippen LogP contribution is -2.26. The Morgan fingerprint density at radius 1 is 1.32 bits per heavy atom.